The molecule has 3 nitrogen and oxygen atoms in total. The Labute approximate surface area is 143 Å². The summed E-state index contributed by atoms with van der Waals surface area (Å²) >= 11 is 0. The first-order chi connectivity index (χ1) is 11.3. The Morgan fingerprint density at radius 1 is 1.09 bits per heavy atom. The Balaban J connectivity index is 2.21. The van der Waals surface area contributed by atoms with Gasteiger partial charge in [-0.2, -0.15) is 0 Å². The largest absolute Gasteiger partial charge is 0.377 e. The molecule has 0 aromatic heterocycles. The molecule has 1 aromatic carbocycles. The highest BCUT2D eigenvalue weighted by Gasteiger charge is 2.11. The minimum absolute atomic E-state index is 0.827. The lowest BCUT2D eigenvalue weighted by Gasteiger charge is -2.24. The zero-order chi connectivity index (χ0) is 16.8. The summed E-state index contributed by atoms with van der Waals surface area (Å²) in [7, 11) is 2.25. The van der Waals surface area contributed by atoms with Crippen molar-refractivity contribution in [3.8, 4) is 0 Å². The monoisotopic (exact) mass is 317 g/mol. The zero-order valence-corrected chi connectivity index (χ0v) is 15.1. The van der Waals surface area contributed by atoms with Crippen molar-refractivity contribution in [3.63, 3.8) is 0 Å². The van der Waals surface area contributed by atoms with Gasteiger partial charge in [-0.25, -0.2) is 0 Å². The lowest BCUT2D eigenvalue weighted by atomic mass is 9.95. The van der Waals surface area contributed by atoms with E-state index in [1.165, 1.54) is 63.4 Å². The maximum Gasteiger partial charge on any atom is 0.0791 e. The molecule has 0 aliphatic carbocycles. The molecule has 0 saturated carbocycles. The molecule has 0 radical (unpaired) electrons. The molecular formula is C20H35N3. The normalized spacial score (nSPS) is 12.3. The van der Waals surface area contributed by atoms with Crippen molar-refractivity contribution < 1.29 is 0 Å². The van der Waals surface area contributed by atoms with Gasteiger partial charge in [0.1, 0.15) is 0 Å². The molecule has 0 fully saturated rings. The molecule has 130 valence electrons. The van der Waals surface area contributed by atoms with Gasteiger partial charge in [-0.15, -0.1) is 0 Å². The van der Waals surface area contributed by atoms with Crippen molar-refractivity contribution in [2.45, 2.75) is 58.4 Å². The molecule has 2 N–H and O–H groups in total. The molecule has 0 heterocycles. The molecule has 3 heteroatoms. The smallest absolute Gasteiger partial charge is 0.0791 e. The fourth-order valence-corrected chi connectivity index (χ4v) is 3.22. The molecule has 1 rings (SSSR count). The quantitative estimate of drug-likeness (QED) is 0.297. The zero-order valence-electron chi connectivity index (χ0n) is 15.1. The van der Waals surface area contributed by atoms with Gasteiger partial charge in [0, 0.05) is 19.6 Å². The molecular weight excluding hydrogens is 282 g/mol. The average Bonchev–Trinajstić information content (AvgIpc) is 2.55. The van der Waals surface area contributed by atoms with Crippen molar-refractivity contribution >= 4 is 6.34 Å². The van der Waals surface area contributed by atoms with E-state index in [2.05, 4.69) is 54.5 Å². The second-order valence-corrected chi connectivity index (χ2v) is 6.64. The first kappa shape index (κ1) is 19.7. The van der Waals surface area contributed by atoms with Crippen molar-refractivity contribution in [3.05, 3.63) is 35.9 Å². The van der Waals surface area contributed by atoms with E-state index in [0.717, 1.165) is 19.0 Å². The van der Waals surface area contributed by atoms with E-state index in [1.807, 2.05) is 0 Å². The van der Waals surface area contributed by atoms with Gasteiger partial charge in [-0.05, 0) is 37.8 Å². The highest BCUT2D eigenvalue weighted by molar-refractivity contribution is 5.49. The second-order valence-electron chi connectivity index (χ2n) is 6.64. The maximum atomic E-state index is 6.93. The number of unbranched alkanes of at least 4 members (excludes halogenated alkanes) is 3. The standard InChI is InChI=1S/C20H35N3/c1-3-11-19(12-7-4-5-10-15-22-18-21)16-23(2)17-20-13-8-6-9-14-20/h6,8-9,13-14,18-19H,3-5,7,10-12,15-17H2,1-2H3,(H2,21,22). The van der Waals surface area contributed by atoms with Crippen LogP contribution in [0.2, 0.25) is 0 Å². The van der Waals surface area contributed by atoms with Crippen LogP contribution in [0.4, 0.5) is 0 Å². The number of rotatable bonds is 14. The predicted octanol–water partition coefficient (Wildman–Crippen LogP) is 4.68. The van der Waals surface area contributed by atoms with Crippen LogP contribution in [-0.2, 0) is 6.54 Å². The maximum absolute atomic E-state index is 6.93. The minimum atomic E-state index is 0.827. The highest BCUT2D eigenvalue weighted by atomic mass is 15.1. The Morgan fingerprint density at radius 2 is 1.83 bits per heavy atom. The predicted molar refractivity (Wildman–Crippen MR) is 101 cm³/mol. The van der Waals surface area contributed by atoms with Gasteiger partial charge < -0.3 is 10.2 Å². The summed E-state index contributed by atoms with van der Waals surface area (Å²) < 4.78 is 0. The summed E-state index contributed by atoms with van der Waals surface area (Å²) in [5.74, 6) is 0.827. The summed E-state index contributed by atoms with van der Waals surface area (Å²) in [4.78, 5) is 2.48. The number of hydrogen-bond acceptors (Lipinski definition) is 2. The molecule has 0 spiro atoms. The van der Waals surface area contributed by atoms with Crippen LogP contribution in [0.1, 0.15) is 57.4 Å². The third-order valence-electron chi connectivity index (χ3n) is 4.35. The van der Waals surface area contributed by atoms with E-state index in [1.54, 1.807) is 0 Å². The third-order valence-corrected chi connectivity index (χ3v) is 4.35. The Hall–Kier alpha value is -1.35. The molecule has 1 atom stereocenters. The van der Waals surface area contributed by atoms with Gasteiger partial charge in [0.15, 0.2) is 0 Å². The molecule has 0 bridgehead atoms. The Kier molecular flexibility index (Phi) is 11.2. The van der Waals surface area contributed by atoms with Crippen molar-refractivity contribution in [1.29, 1.82) is 5.41 Å². The molecule has 23 heavy (non-hydrogen) atoms. The lowest BCUT2D eigenvalue weighted by molar-refractivity contribution is 0.246. The van der Waals surface area contributed by atoms with E-state index in [4.69, 9.17) is 5.41 Å². The number of nitrogens with zero attached hydrogens (tertiary/aromatic N) is 1. The van der Waals surface area contributed by atoms with E-state index >= 15 is 0 Å². The van der Waals surface area contributed by atoms with Gasteiger partial charge in [0.25, 0.3) is 0 Å². The van der Waals surface area contributed by atoms with Crippen LogP contribution in [-0.4, -0.2) is 31.4 Å². The average molecular weight is 318 g/mol. The van der Waals surface area contributed by atoms with Crippen LogP contribution >= 0.6 is 0 Å². The van der Waals surface area contributed by atoms with Crippen LogP contribution in [0.3, 0.4) is 0 Å². The Bertz CT molecular complexity index is 391. The SMILES string of the molecule is CCCC(CCCCCCNC=N)CN(C)Cc1ccccc1. The van der Waals surface area contributed by atoms with E-state index in [-0.39, 0.29) is 0 Å². The number of hydrogen-bond donors (Lipinski definition) is 2. The van der Waals surface area contributed by atoms with Crippen molar-refractivity contribution in [2.24, 2.45) is 5.92 Å². The number of benzene rings is 1. The fraction of sp³-hybridized carbons (Fsp3) is 0.650. The van der Waals surface area contributed by atoms with Crippen LogP contribution in [0.25, 0.3) is 0 Å². The Morgan fingerprint density at radius 3 is 2.52 bits per heavy atom. The molecule has 1 unspecified atom stereocenters. The van der Waals surface area contributed by atoms with Crippen LogP contribution in [0.5, 0.6) is 0 Å². The van der Waals surface area contributed by atoms with E-state index < -0.39 is 0 Å². The molecule has 0 aliphatic heterocycles. The fourth-order valence-electron chi connectivity index (χ4n) is 3.22. The first-order valence-corrected chi connectivity index (χ1v) is 9.21. The van der Waals surface area contributed by atoms with Crippen molar-refractivity contribution in [2.75, 3.05) is 20.1 Å². The van der Waals surface area contributed by atoms with Crippen LogP contribution in [0, 0.1) is 11.3 Å². The summed E-state index contributed by atoms with van der Waals surface area (Å²) in [6, 6.07) is 10.8. The summed E-state index contributed by atoms with van der Waals surface area (Å²) in [5.41, 5.74) is 1.41. The van der Waals surface area contributed by atoms with Gasteiger partial charge in [-0.3, -0.25) is 5.41 Å². The van der Waals surface area contributed by atoms with Gasteiger partial charge in [0.05, 0.1) is 6.34 Å². The topological polar surface area (TPSA) is 39.1 Å². The summed E-state index contributed by atoms with van der Waals surface area (Å²) in [6.45, 7) is 5.50. The van der Waals surface area contributed by atoms with E-state index in [0.29, 0.717) is 0 Å². The minimum Gasteiger partial charge on any atom is -0.377 e. The molecule has 0 saturated heterocycles. The van der Waals surface area contributed by atoms with Gasteiger partial charge in [0.2, 0.25) is 0 Å². The van der Waals surface area contributed by atoms with E-state index in [9.17, 15) is 0 Å². The lowest BCUT2D eigenvalue weighted by Crippen LogP contribution is -2.25. The van der Waals surface area contributed by atoms with Gasteiger partial charge in [-0.1, -0.05) is 62.9 Å². The summed E-state index contributed by atoms with van der Waals surface area (Å²) in [5, 5.41) is 9.88. The number of nitrogens with one attached hydrogen (secondary N) is 2. The molecule has 0 amide bonds. The summed E-state index contributed by atoms with van der Waals surface area (Å²) in [6.07, 6.45) is 10.4. The molecule has 1 aromatic rings. The first-order valence-electron chi connectivity index (χ1n) is 9.21. The van der Waals surface area contributed by atoms with Gasteiger partial charge >= 0.3 is 0 Å². The van der Waals surface area contributed by atoms with Crippen LogP contribution in [0.15, 0.2) is 30.3 Å². The molecule has 0 aliphatic rings. The highest BCUT2D eigenvalue weighted by Crippen LogP contribution is 2.18. The second kappa shape index (κ2) is 13.1. The third kappa shape index (κ3) is 10.1. The van der Waals surface area contributed by atoms with Crippen LogP contribution < -0.4 is 5.32 Å². The van der Waals surface area contributed by atoms with Crippen molar-refractivity contribution in [1.82, 2.24) is 10.2 Å².